The third-order valence-corrected chi connectivity index (χ3v) is 4.77. The van der Waals surface area contributed by atoms with Crippen LogP contribution >= 0.6 is 0 Å². The van der Waals surface area contributed by atoms with E-state index in [9.17, 15) is 8.42 Å². The Bertz CT molecular complexity index is 522. The van der Waals surface area contributed by atoms with Crippen molar-refractivity contribution in [1.82, 2.24) is 19.4 Å². The van der Waals surface area contributed by atoms with E-state index in [1.165, 1.54) is 12.4 Å². The SMILES string of the molecule is CN(C)C(C)(C)CNS(=O)(=O)c1cnn(CCCN)c1. The summed E-state index contributed by atoms with van der Waals surface area (Å²) < 4.78 is 28.6. The van der Waals surface area contributed by atoms with E-state index in [-0.39, 0.29) is 10.4 Å². The highest BCUT2D eigenvalue weighted by Crippen LogP contribution is 2.12. The monoisotopic (exact) mass is 303 g/mol. The molecule has 0 radical (unpaired) electrons. The van der Waals surface area contributed by atoms with E-state index in [2.05, 4.69) is 9.82 Å². The second kappa shape index (κ2) is 6.66. The van der Waals surface area contributed by atoms with E-state index in [1.54, 1.807) is 4.68 Å². The van der Waals surface area contributed by atoms with Gasteiger partial charge in [0.15, 0.2) is 0 Å². The van der Waals surface area contributed by atoms with Crippen LogP contribution in [0.25, 0.3) is 0 Å². The fourth-order valence-electron chi connectivity index (χ4n) is 1.37. The van der Waals surface area contributed by atoms with Crippen LogP contribution in [0.5, 0.6) is 0 Å². The Kier molecular flexibility index (Phi) is 5.69. The molecule has 1 heterocycles. The first-order valence-corrected chi connectivity index (χ1v) is 8.07. The van der Waals surface area contributed by atoms with Crippen molar-refractivity contribution in [3.05, 3.63) is 12.4 Å². The number of rotatable bonds is 8. The van der Waals surface area contributed by atoms with Crippen molar-refractivity contribution in [1.29, 1.82) is 0 Å². The molecule has 0 saturated carbocycles. The fraction of sp³-hybridized carbons (Fsp3) is 0.750. The van der Waals surface area contributed by atoms with Crippen LogP contribution in [-0.2, 0) is 16.6 Å². The average Bonchev–Trinajstić information content (AvgIpc) is 2.83. The second-order valence-electron chi connectivity index (χ2n) is 5.61. The van der Waals surface area contributed by atoms with Gasteiger partial charge in [0.05, 0.1) is 6.20 Å². The summed E-state index contributed by atoms with van der Waals surface area (Å²) in [6.07, 6.45) is 3.66. The van der Waals surface area contributed by atoms with Crippen LogP contribution in [0.3, 0.4) is 0 Å². The van der Waals surface area contributed by atoms with Crippen molar-refractivity contribution >= 4 is 10.0 Å². The van der Waals surface area contributed by atoms with Gasteiger partial charge in [0.2, 0.25) is 10.0 Å². The van der Waals surface area contributed by atoms with Gasteiger partial charge < -0.3 is 10.6 Å². The first kappa shape index (κ1) is 17.1. The minimum Gasteiger partial charge on any atom is -0.330 e. The number of sulfonamides is 1. The highest BCUT2D eigenvalue weighted by molar-refractivity contribution is 7.89. The van der Waals surface area contributed by atoms with Crippen molar-refractivity contribution in [3.8, 4) is 0 Å². The lowest BCUT2D eigenvalue weighted by Crippen LogP contribution is -2.48. The van der Waals surface area contributed by atoms with E-state index >= 15 is 0 Å². The molecule has 3 N–H and O–H groups in total. The van der Waals surface area contributed by atoms with Gasteiger partial charge in [0, 0.05) is 24.8 Å². The van der Waals surface area contributed by atoms with E-state index in [1.807, 2.05) is 32.8 Å². The molecule has 0 aliphatic rings. The molecule has 1 aromatic heterocycles. The molecule has 0 bridgehead atoms. The molecule has 0 atom stereocenters. The quantitative estimate of drug-likeness (QED) is 0.697. The molecule has 0 saturated heterocycles. The number of aromatic nitrogens is 2. The molecule has 20 heavy (non-hydrogen) atoms. The van der Waals surface area contributed by atoms with Crippen LogP contribution < -0.4 is 10.5 Å². The van der Waals surface area contributed by atoms with Crippen LogP contribution in [0.15, 0.2) is 17.3 Å². The molecule has 8 heteroatoms. The predicted molar refractivity (Wildman–Crippen MR) is 78.9 cm³/mol. The number of nitrogens with zero attached hydrogens (tertiary/aromatic N) is 3. The summed E-state index contributed by atoms with van der Waals surface area (Å²) >= 11 is 0. The van der Waals surface area contributed by atoms with E-state index in [4.69, 9.17) is 5.73 Å². The highest BCUT2D eigenvalue weighted by atomic mass is 32.2. The van der Waals surface area contributed by atoms with E-state index < -0.39 is 10.0 Å². The molecule has 1 aromatic rings. The fourth-order valence-corrected chi connectivity index (χ4v) is 2.53. The Morgan fingerprint density at radius 3 is 2.65 bits per heavy atom. The molecule has 0 aliphatic carbocycles. The van der Waals surface area contributed by atoms with Gasteiger partial charge in [-0.1, -0.05) is 0 Å². The lowest BCUT2D eigenvalue weighted by Gasteiger charge is -2.32. The number of nitrogens with one attached hydrogen (secondary N) is 1. The molecule has 1 rings (SSSR count). The molecule has 0 aromatic carbocycles. The second-order valence-corrected chi connectivity index (χ2v) is 7.38. The van der Waals surface area contributed by atoms with E-state index in [0.717, 1.165) is 6.42 Å². The van der Waals surface area contributed by atoms with Crippen molar-refractivity contribution in [2.75, 3.05) is 27.2 Å². The maximum absolute atomic E-state index is 12.2. The summed E-state index contributed by atoms with van der Waals surface area (Å²) in [7, 11) is 0.309. The Hall–Kier alpha value is -0.960. The number of hydrogen-bond acceptors (Lipinski definition) is 5. The number of nitrogens with two attached hydrogens (primary N) is 1. The van der Waals surface area contributed by atoms with Crippen LogP contribution in [0.2, 0.25) is 0 Å². The van der Waals surface area contributed by atoms with Gasteiger partial charge in [-0.3, -0.25) is 4.68 Å². The van der Waals surface area contributed by atoms with E-state index in [0.29, 0.717) is 19.6 Å². The largest absolute Gasteiger partial charge is 0.330 e. The van der Waals surface area contributed by atoms with Gasteiger partial charge in [0.1, 0.15) is 4.90 Å². The minimum atomic E-state index is -3.52. The third kappa shape index (κ3) is 4.55. The van der Waals surface area contributed by atoms with Gasteiger partial charge in [-0.05, 0) is 40.9 Å². The third-order valence-electron chi connectivity index (χ3n) is 3.42. The van der Waals surface area contributed by atoms with Gasteiger partial charge in [-0.25, -0.2) is 13.1 Å². The first-order chi connectivity index (χ1) is 9.19. The molecule has 0 unspecified atom stereocenters. The topological polar surface area (TPSA) is 93.2 Å². The van der Waals surface area contributed by atoms with Gasteiger partial charge in [0.25, 0.3) is 0 Å². The normalized spacial score (nSPS) is 13.1. The molecule has 0 spiro atoms. The molecule has 0 aliphatic heterocycles. The zero-order chi connectivity index (χ0) is 15.4. The van der Waals surface area contributed by atoms with Crippen molar-refractivity contribution in [2.24, 2.45) is 5.73 Å². The summed E-state index contributed by atoms with van der Waals surface area (Å²) in [5.74, 6) is 0. The highest BCUT2D eigenvalue weighted by Gasteiger charge is 2.24. The molecule has 0 amide bonds. The minimum absolute atomic E-state index is 0.184. The summed E-state index contributed by atoms with van der Waals surface area (Å²) in [4.78, 5) is 2.16. The average molecular weight is 303 g/mol. The Morgan fingerprint density at radius 2 is 2.10 bits per heavy atom. The maximum atomic E-state index is 12.2. The smallest absolute Gasteiger partial charge is 0.243 e. The summed E-state index contributed by atoms with van der Waals surface area (Å²) in [5.41, 5.74) is 5.16. The lowest BCUT2D eigenvalue weighted by molar-refractivity contribution is 0.199. The Morgan fingerprint density at radius 1 is 1.45 bits per heavy atom. The summed E-state index contributed by atoms with van der Waals surface area (Å²) in [6, 6.07) is 0. The zero-order valence-electron chi connectivity index (χ0n) is 12.6. The van der Waals surface area contributed by atoms with Gasteiger partial charge in [-0.15, -0.1) is 0 Å². The number of aryl methyl sites for hydroxylation is 1. The van der Waals surface area contributed by atoms with Crippen LogP contribution in [0.1, 0.15) is 20.3 Å². The zero-order valence-corrected chi connectivity index (χ0v) is 13.4. The first-order valence-electron chi connectivity index (χ1n) is 6.58. The van der Waals surface area contributed by atoms with Crippen LogP contribution in [-0.4, -0.2) is 55.8 Å². The van der Waals surface area contributed by atoms with Crippen molar-refractivity contribution in [2.45, 2.75) is 37.2 Å². The standard InChI is InChI=1S/C12H25N5O2S/c1-12(2,16(3)4)10-15-20(18,19)11-8-14-17(9-11)7-5-6-13/h8-9,15H,5-7,10,13H2,1-4H3. The van der Waals surface area contributed by atoms with Crippen LogP contribution in [0.4, 0.5) is 0 Å². The van der Waals surface area contributed by atoms with Crippen molar-refractivity contribution in [3.63, 3.8) is 0 Å². The molecular formula is C12H25N5O2S. The van der Waals surface area contributed by atoms with Crippen LogP contribution in [0, 0.1) is 0 Å². The molecule has 116 valence electrons. The Balaban J connectivity index is 2.72. The molecular weight excluding hydrogens is 278 g/mol. The number of likely N-dealkylation sites (N-methyl/N-ethyl adjacent to an activating group) is 1. The molecule has 7 nitrogen and oxygen atoms in total. The Labute approximate surface area is 121 Å². The predicted octanol–water partition coefficient (Wildman–Crippen LogP) is -0.150. The van der Waals surface area contributed by atoms with Crippen molar-refractivity contribution < 1.29 is 8.42 Å². The summed E-state index contributed by atoms with van der Waals surface area (Å²) in [6.45, 7) is 5.45. The lowest BCUT2D eigenvalue weighted by atomic mass is 10.1. The summed E-state index contributed by atoms with van der Waals surface area (Å²) in [5, 5.41) is 4.03. The molecule has 0 fully saturated rings. The maximum Gasteiger partial charge on any atom is 0.243 e. The van der Waals surface area contributed by atoms with Gasteiger partial charge >= 0.3 is 0 Å². The van der Waals surface area contributed by atoms with Gasteiger partial charge in [-0.2, -0.15) is 5.10 Å². The number of hydrogen-bond donors (Lipinski definition) is 2.